The van der Waals surface area contributed by atoms with Crippen LogP contribution >= 0.6 is 0 Å². The van der Waals surface area contributed by atoms with Crippen molar-refractivity contribution in [2.24, 2.45) is 11.3 Å². The monoisotopic (exact) mass is 330 g/mol. The van der Waals surface area contributed by atoms with Crippen LogP contribution in [0.25, 0.3) is 0 Å². The molecule has 132 valence electrons. The van der Waals surface area contributed by atoms with E-state index in [2.05, 4.69) is 32.9 Å². The number of aromatic nitrogens is 2. The Morgan fingerprint density at radius 2 is 2.12 bits per heavy atom. The zero-order valence-electron chi connectivity index (χ0n) is 14.8. The van der Waals surface area contributed by atoms with Gasteiger partial charge < -0.3 is 14.8 Å². The Morgan fingerprint density at radius 3 is 2.79 bits per heavy atom. The number of hydrogen-bond acceptors (Lipinski definition) is 3. The van der Waals surface area contributed by atoms with Gasteiger partial charge in [0.15, 0.2) is 0 Å². The van der Waals surface area contributed by atoms with Gasteiger partial charge in [-0.05, 0) is 51.4 Å². The predicted molar refractivity (Wildman–Crippen MR) is 93.6 cm³/mol. The summed E-state index contributed by atoms with van der Waals surface area (Å²) >= 11 is 0. The molecule has 1 unspecified atom stereocenters. The van der Waals surface area contributed by atoms with Gasteiger partial charge in [-0.2, -0.15) is 0 Å². The molecule has 5 heteroatoms. The van der Waals surface area contributed by atoms with Gasteiger partial charge in [0.25, 0.3) is 0 Å². The highest BCUT2D eigenvalue weighted by atomic mass is 16.2. The van der Waals surface area contributed by atoms with Gasteiger partial charge in [-0.3, -0.25) is 4.79 Å². The highest BCUT2D eigenvalue weighted by molar-refractivity contribution is 5.76. The van der Waals surface area contributed by atoms with Crippen LogP contribution in [0.5, 0.6) is 0 Å². The number of aryl methyl sites for hydroxylation is 1. The van der Waals surface area contributed by atoms with E-state index in [-0.39, 0.29) is 0 Å². The molecular weight excluding hydrogens is 300 g/mol. The number of nitrogens with one attached hydrogen (secondary N) is 1. The molecular formula is C19H30N4O. The largest absolute Gasteiger partial charge is 0.342 e. The first-order valence-corrected chi connectivity index (χ1v) is 9.62. The van der Waals surface area contributed by atoms with Gasteiger partial charge in [-0.1, -0.05) is 0 Å². The zero-order chi connectivity index (χ0) is 16.6. The first-order chi connectivity index (χ1) is 11.6. The van der Waals surface area contributed by atoms with Crippen molar-refractivity contribution in [3.8, 4) is 0 Å². The number of carbonyl (C=O) groups is 1. The Kier molecular flexibility index (Phi) is 4.37. The Hall–Kier alpha value is -1.36. The molecule has 3 fully saturated rings. The fraction of sp³-hybridized carbons (Fsp3) is 0.789. The molecule has 4 rings (SSSR count). The molecule has 1 atom stereocenters. The van der Waals surface area contributed by atoms with Crippen LogP contribution in [0.1, 0.15) is 50.8 Å². The first kappa shape index (κ1) is 16.1. The normalized spacial score (nSPS) is 26.5. The van der Waals surface area contributed by atoms with Crippen LogP contribution in [0.2, 0.25) is 0 Å². The quantitative estimate of drug-likeness (QED) is 0.835. The molecule has 2 heterocycles. The molecule has 1 aromatic rings. The highest BCUT2D eigenvalue weighted by Crippen LogP contribution is 2.46. The lowest BCUT2D eigenvalue weighted by Gasteiger charge is -2.23. The minimum atomic E-state index is 0.376. The third-order valence-corrected chi connectivity index (χ3v) is 6.13. The summed E-state index contributed by atoms with van der Waals surface area (Å²) in [7, 11) is 0. The maximum absolute atomic E-state index is 12.3. The average molecular weight is 330 g/mol. The minimum Gasteiger partial charge on any atom is -0.342 e. The van der Waals surface area contributed by atoms with Crippen molar-refractivity contribution in [2.45, 2.75) is 64.5 Å². The van der Waals surface area contributed by atoms with Gasteiger partial charge in [0.1, 0.15) is 5.82 Å². The second-order valence-electron chi connectivity index (χ2n) is 8.29. The number of carbonyl (C=O) groups excluding carboxylic acids is 1. The highest BCUT2D eigenvalue weighted by Gasteiger charge is 2.43. The van der Waals surface area contributed by atoms with E-state index in [1.165, 1.54) is 25.7 Å². The predicted octanol–water partition coefficient (Wildman–Crippen LogP) is 2.35. The molecule has 1 N–H and O–H groups in total. The molecule has 2 aliphatic carbocycles. The molecule has 5 nitrogen and oxygen atoms in total. The summed E-state index contributed by atoms with van der Waals surface area (Å²) in [5.74, 6) is 2.28. The summed E-state index contributed by atoms with van der Waals surface area (Å²) in [6.45, 7) is 6.18. The van der Waals surface area contributed by atoms with Crippen molar-refractivity contribution in [3.05, 3.63) is 18.2 Å². The van der Waals surface area contributed by atoms with Crippen LogP contribution < -0.4 is 5.32 Å². The van der Waals surface area contributed by atoms with Crippen molar-refractivity contribution in [1.29, 1.82) is 0 Å². The van der Waals surface area contributed by atoms with Gasteiger partial charge in [-0.15, -0.1) is 0 Å². The van der Waals surface area contributed by atoms with Gasteiger partial charge in [0, 0.05) is 56.5 Å². The number of likely N-dealkylation sites (tertiary alicyclic amines) is 1. The summed E-state index contributed by atoms with van der Waals surface area (Å²) in [5.41, 5.74) is 0.412. The zero-order valence-corrected chi connectivity index (χ0v) is 14.8. The van der Waals surface area contributed by atoms with Gasteiger partial charge in [0.2, 0.25) is 5.91 Å². The SMILES string of the molecule is Cc1nccn1CC1(CNC2CCC(=O)N(CC3CC3)CC2)CC1. The van der Waals surface area contributed by atoms with Gasteiger partial charge in [-0.25, -0.2) is 4.98 Å². The summed E-state index contributed by atoms with van der Waals surface area (Å²) in [4.78, 5) is 18.7. The van der Waals surface area contributed by atoms with Crippen molar-refractivity contribution in [2.75, 3.05) is 19.6 Å². The average Bonchev–Trinajstić information content (AvgIpc) is 3.47. The summed E-state index contributed by atoms with van der Waals surface area (Å²) < 4.78 is 2.28. The van der Waals surface area contributed by atoms with Crippen LogP contribution in [-0.4, -0.2) is 46.0 Å². The number of rotatable bonds is 7. The van der Waals surface area contributed by atoms with Crippen molar-refractivity contribution in [1.82, 2.24) is 19.8 Å². The van der Waals surface area contributed by atoms with E-state index in [4.69, 9.17) is 0 Å². The second-order valence-corrected chi connectivity index (χ2v) is 8.29. The Balaban J connectivity index is 1.26. The lowest BCUT2D eigenvalue weighted by Crippen LogP contribution is -2.37. The topological polar surface area (TPSA) is 50.2 Å². The number of hydrogen-bond donors (Lipinski definition) is 1. The lowest BCUT2D eigenvalue weighted by atomic mass is 10.0. The molecule has 2 saturated carbocycles. The van der Waals surface area contributed by atoms with E-state index in [1.807, 2.05) is 6.20 Å². The van der Waals surface area contributed by atoms with Crippen molar-refractivity contribution in [3.63, 3.8) is 0 Å². The van der Waals surface area contributed by atoms with E-state index in [0.29, 0.717) is 17.4 Å². The summed E-state index contributed by atoms with van der Waals surface area (Å²) in [6.07, 6.45) is 12.1. The lowest BCUT2D eigenvalue weighted by molar-refractivity contribution is -0.130. The molecule has 1 amide bonds. The maximum Gasteiger partial charge on any atom is 0.222 e. The van der Waals surface area contributed by atoms with Crippen LogP contribution in [0, 0.1) is 18.3 Å². The number of imidazole rings is 1. The van der Waals surface area contributed by atoms with Gasteiger partial charge in [0.05, 0.1) is 0 Å². The van der Waals surface area contributed by atoms with Crippen LogP contribution in [0.3, 0.4) is 0 Å². The molecule has 24 heavy (non-hydrogen) atoms. The fourth-order valence-electron chi connectivity index (χ4n) is 3.91. The standard InChI is InChI=1S/C19H30N4O/c1-15-20-9-11-23(15)14-19(7-8-19)13-21-17-4-5-18(24)22(10-6-17)12-16-2-3-16/h9,11,16-17,21H,2-8,10,12-14H2,1H3. The second kappa shape index (κ2) is 6.51. The first-order valence-electron chi connectivity index (χ1n) is 9.62. The van der Waals surface area contributed by atoms with E-state index < -0.39 is 0 Å². The van der Waals surface area contributed by atoms with Crippen molar-refractivity contribution >= 4 is 5.91 Å². The minimum absolute atomic E-state index is 0.376. The molecule has 0 bridgehead atoms. The molecule has 1 aliphatic heterocycles. The molecule has 0 aromatic carbocycles. The third kappa shape index (κ3) is 3.82. The molecule has 3 aliphatic rings. The smallest absolute Gasteiger partial charge is 0.222 e. The number of amides is 1. The summed E-state index contributed by atoms with van der Waals surface area (Å²) in [6, 6.07) is 0.500. The van der Waals surface area contributed by atoms with Crippen LogP contribution in [-0.2, 0) is 11.3 Å². The molecule has 1 aromatic heterocycles. The summed E-state index contributed by atoms with van der Waals surface area (Å²) in [5, 5.41) is 3.79. The molecule has 0 radical (unpaired) electrons. The maximum atomic E-state index is 12.3. The Morgan fingerprint density at radius 1 is 1.29 bits per heavy atom. The van der Waals surface area contributed by atoms with Gasteiger partial charge >= 0.3 is 0 Å². The van der Waals surface area contributed by atoms with Crippen molar-refractivity contribution < 1.29 is 4.79 Å². The van der Waals surface area contributed by atoms with E-state index in [9.17, 15) is 4.79 Å². The number of nitrogens with zero attached hydrogens (tertiary/aromatic N) is 3. The fourth-order valence-corrected chi connectivity index (χ4v) is 3.91. The Labute approximate surface area is 144 Å². The van der Waals surface area contributed by atoms with E-state index in [0.717, 1.165) is 57.2 Å². The molecule has 1 saturated heterocycles. The third-order valence-electron chi connectivity index (χ3n) is 6.13. The van der Waals surface area contributed by atoms with Crippen LogP contribution in [0.15, 0.2) is 12.4 Å². The van der Waals surface area contributed by atoms with Crippen LogP contribution in [0.4, 0.5) is 0 Å². The van der Waals surface area contributed by atoms with E-state index >= 15 is 0 Å². The Bertz CT molecular complexity index is 588. The van der Waals surface area contributed by atoms with E-state index in [1.54, 1.807) is 0 Å². The molecule has 0 spiro atoms.